The summed E-state index contributed by atoms with van der Waals surface area (Å²) >= 11 is 0. The zero-order valence-corrected chi connectivity index (χ0v) is 14.0. The standard InChI is InChI=1S/C15H14F12O/c1-3-7-28-8-12(18,15(25,26)27)10(16)11(17,14(22,23)24)6-4-5-9(2)13(19,20)21/h3-6,10H,1,7-8H2,2H3/b6-4+,9-5-. The molecule has 0 saturated carbocycles. The van der Waals surface area contributed by atoms with E-state index in [-0.39, 0.29) is 12.2 Å². The van der Waals surface area contributed by atoms with Gasteiger partial charge in [-0.2, -0.15) is 39.5 Å². The lowest BCUT2D eigenvalue weighted by atomic mass is 9.85. The molecule has 0 bridgehead atoms. The number of allylic oxidation sites excluding steroid dienone is 4. The molecule has 13 heteroatoms. The maximum Gasteiger partial charge on any atom is 0.429 e. The smallest absolute Gasteiger partial charge is 0.374 e. The minimum atomic E-state index is -6.44. The van der Waals surface area contributed by atoms with Crippen molar-refractivity contribution >= 4 is 0 Å². The minimum Gasteiger partial charge on any atom is -0.374 e. The van der Waals surface area contributed by atoms with E-state index in [1.54, 1.807) is 0 Å². The molecule has 0 aliphatic rings. The first-order chi connectivity index (χ1) is 12.3. The van der Waals surface area contributed by atoms with Gasteiger partial charge in [0.05, 0.1) is 13.2 Å². The number of hydrogen-bond acceptors (Lipinski definition) is 1. The highest BCUT2D eigenvalue weighted by Crippen LogP contribution is 2.49. The molecule has 1 nitrogen and oxygen atoms in total. The predicted molar refractivity (Wildman–Crippen MR) is 74.7 cm³/mol. The van der Waals surface area contributed by atoms with Crippen molar-refractivity contribution < 1.29 is 57.4 Å². The van der Waals surface area contributed by atoms with Crippen molar-refractivity contribution in [3.63, 3.8) is 0 Å². The molecule has 0 N–H and O–H groups in total. The molecule has 164 valence electrons. The Hall–Kier alpha value is -1.66. The molecule has 3 unspecified atom stereocenters. The Morgan fingerprint density at radius 3 is 1.79 bits per heavy atom. The lowest BCUT2D eigenvalue weighted by molar-refractivity contribution is -0.306. The van der Waals surface area contributed by atoms with Crippen molar-refractivity contribution in [1.82, 2.24) is 0 Å². The molecular weight excluding hydrogens is 424 g/mol. The summed E-state index contributed by atoms with van der Waals surface area (Å²) < 4.78 is 161. The fourth-order valence-electron chi connectivity index (χ4n) is 1.67. The van der Waals surface area contributed by atoms with E-state index in [1.165, 1.54) is 0 Å². The monoisotopic (exact) mass is 438 g/mol. The van der Waals surface area contributed by atoms with Gasteiger partial charge in [0.1, 0.15) is 0 Å². The highest BCUT2D eigenvalue weighted by atomic mass is 19.4. The molecule has 0 aromatic rings. The van der Waals surface area contributed by atoms with Gasteiger partial charge in [0.25, 0.3) is 11.3 Å². The van der Waals surface area contributed by atoms with Crippen LogP contribution in [-0.4, -0.2) is 49.3 Å². The summed E-state index contributed by atoms with van der Waals surface area (Å²) in [6.45, 7) is 0.136. The van der Waals surface area contributed by atoms with Gasteiger partial charge in [0.15, 0.2) is 6.17 Å². The van der Waals surface area contributed by atoms with Gasteiger partial charge in [-0.3, -0.25) is 0 Å². The molecule has 0 aromatic heterocycles. The first-order valence-corrected chi connectivity index (χ1v) is 7.12. The summed E-state index contributed by atoms with van der Waals surface area (Å²) in [5.41, 5.74) is -12.6. The lowest BCUT2D eigenvalue weighted by Gasteiger charge is -2.37. The molecule has 0 aliphatic carbocycles. The maximum atomic E-state index is 14.3. The summed E-state index contributed by atoms with van der Waals surface area (Å²) in [6.07, 6.45) is -23.4. The zero-order chi connectivity index (χ0) is 22.6. The second kappa shape index (κ2) is 8.78. The van der Waals surface area contributed by atoms with Crippen molar-refractivity contribution in [2.75, 3.05) is 13.2 Å². The fraction of sp³-hybridized carbons (Fsp3) is 0.600. The van der Waals surface area contributed by atoms with Crippen LogP contribution >= 0.6 is 0 Å². The molecule has 0 spiro atoms. The second-order valence-corrected chi connectivity index (χ2v) is 5.50. The summed E-state index contributed by atoms with van der Waals surface area (Å²) in [5, 5.41) is 0. The number of ether oxygens (including phenoxy) is 1. The molecule has 0 saturated heterocycles. The average Bonchev–Trinajstić information content (AvgIpc) is 2.50. The highest BCUT2D eigenvalue weighted by Gasteiger charge is 2.73. The number of halogens is 12. The van der Waals surface area contributed by atoms with Crippen LogP contribution in [0, 0.1) is 0 Å². The van der Waals surface area contributed by atoms with E-state index >= 15 is 0 Å². The summed E-state index contributed by atoms with van der Waals surface area (Å²) in [5.74, 6) is 0. The van der Waals surface area contributed by atoms with Crippen LogP contribution in [0.2, 0.25) is 0 Å². The first-order valence-electron chi connectivity index (χ1n) is 7.12. The van der Waals surface area contributed by atoms with Crippen LogP contribution in [0.15, 0.2) is 36.5 Å². The maximum absolute atomic E-state index is 14.3. The Labute approximate surface area is 151 Å². The molecule has 0 fully saturated rings. The fourth-order valence-corrected chi connectivity index (χ4v) is 1.67. The third-order valence-corrected chi connectivity index (χ3v) is 3.36. The molecule has 0 heterocycles. The highest BCUT2D eigenvalue weighted by molar-refractivity contribution is 5.23. The topological polar surface area (TPSA) is 9.23 Å². The minimum absolute atomic E-state index is 0.144. The second-order valence-electron chi connectivity index (χ2n) is 5.50. The van der Waals surface area contributed by atoms with Crippen LogP contribution in [0.1, 0.15) is 6.92 Å². The van der Waals surface area contributed by atoms with Gasteiger partial charge in [-0.25, -0.2) is 13.2 Å². The SMILES string of the molecule is C=CCOCC(F)(C(F)C(F)(/C=C/C=C(/C)C(F)(F)F)C(F)(F)F)C(F)(F)F. The Bertz CT molecular complexity index is 585. The Balaban J connectivity index is 6.19. The number of hydrogen-bond donors (Lipinski definition) is 0. The summed E-state index contributed by atoms with van der Waals surface area (Å²) in [7, 11) is 0. The summed E-state index contributed by atoms with van der Waals surface area (Å²) in [4.78, 5) is 0. The van der Waals surface area contributed by atoms with E-state index in [4.69, 9.17) is 0 Å². The molecule has 28 heavy (non-hydrogen) atoms. The van der Waals surface area contributed by atoms with Crippen molar-refractivity contribution in [2.24, 2.45) is 0 Å². The Morgan fingerprint density at radius 1 is 0.929 bits per heavy atom. The molecule has 3 atom stereocenters. The largest absolute Gasteiger partial charge is 0.429 e. The lowest BCUT2D eigenvalue weighted by Crippen LogP contribution is -2.63. The third kappa shape index (κ3) is 5.92. The van der Waals surface area contributed by atoms with Crippen molar-refractivity contribution in [3.8, 4) is 0 Å². The van der Waals surface area contributed by atoms with Gasteiger partial charge in [0, 0.05) is 5.57 Å². The molecule has 0 radical (unpaired) electrons. The normalized spacial score (nSPS) is 20.0. The van der Waals surface area contributed by atoms with E-state index in [1.807, 2.05) is 0 Å². The van der Waals surface area contributed by atoms with E-state index in [0.717, 1.165) is 6.08 Å². The van der Waals surface area contributed by atoms with Crippen LogP contribution in [-0.2, 0) is 4.74 Å². The van der Waals surface area contributed by atoms with Crippen molar-refractivity contribution in [2.45, 2.75) is 43.0 Å². The molecular formula is C15H14F12O. The van der Waals surface area contributed by atoms with Gasteiger partial charge < -0.3 is 4.74 Å². The predicted octanol–water partition coefficient (Wildman–Crippen LogP) is 6.13. The first kappa shape index (κ1) is 26.3. The van der Waals surface area contributed by atoms with E-state index in [0.29, 0.717) is 6.92 Å². The van der Waals surface area contributed by atoms with Crippen LogP contribution in [0.3, 0.4) is 0 Å². The van der Waals surface area contributed by atoms with Crippen molar-refractivity contribution in [1.29, 1.82) is 0 Å². The number of rotatable bonds is 8. The quantitative estimate of drug-likeness (QED) is 0.192. The van der Waals surface area contributed by atoms with E-state index < -0.39 is 60.9 Å². The number of alkyl halides is 12. The van der Waals surface area contributed by atoms with Gasteiger partial charge in [-0.15, -0.1) is 6.58 Å². The van der Waals surface area contributed by atoms with Gasteiger partial charge in [0.2, 0.25) is 0 Å². The van der Waals surface area contributed by atoms with Crippen LogP contribution < -0.4 is 0 Å². The molecule has 0 amide bonds. The van der Waals surface area contributed by atoms with Gasteiger partial charge in [-0.05, 0) is 13.0 Å². The van der Waals surface area contributed by atoms with Gasteiger partial charge in [-0.1, -0.05) is 18.2 Å². The molecule has 0 aromatic carbocycles. The molecule has 0 aliphatic heterocycles. The van der Waals surface area contributed by atoms with Crippen LogP contribution in [0.4, 0.5) is 52.7 Å². The van der Waals surface area contributed by atoms with E-state index in [9.17, 15) is 52.7 Å². The van der Waals surface area contributed by atoms with Crippen LogP contribution in [0.25, 0.3) is 0 Å². The summed E-state index contributed by atoms with van der Waals surface area (Å²) in [6, 6.07) is 0. The Kier molecular flexibility index (Phi) is 8.26. The van der Waals surface area contributed by atoms with Crippen molar-refractivity contribution in [3.05, 3.63) is 36.5 Å². The third-order valence-electron chi connectivity index (χ3n) is 3.36. The average molecular weight is 438 g/mol. The van der Waals surface area contributed by atoms with E-state index in [2.05, 4.69) is 11.3 Å². The Morgan fingerprint density at radius 2 is 1.43 bits per heavy atom. The zero-order valence-electron chi connectivity index (χ0n) is 14.0. The van der Waals surface area contributed by atoms with Crippen LogP contribution in [0.5, 0.6) is 0 Å². The van der Waals surface area contributed by atoms with Gasteiger partial charge >= 0.3 is 18.5 Å². The molecule has 0 rings (SSSR count).